The number of carbonyl (C=O) groups excluding carboxylic acids is 1. The molecule has 35 heavy (non-hydrogen) atoms. The molecule has 3 aromatic rings. The number of carbonyl (C=O) groups is 1. The Labute approximate surface area is 218 Å². The number of aromatic nitrogens is 1. The van der Waals surface area contributed by atoms with E-state index in [0.717, 1.165) is 39.4 Å². The van der Waals surface area contributed by atoms with Crippen molar-refractivity contribution >= 4 is 55.4 Å². The lowest BCUT2D eigenvalue weighted by molar-refractivity contribution is -0.122. The van der Waals surface area contributed by atoms with Crippen LogP contribution >= 0.6 is 22.6 Å². The molecule has 186 valence electrons. The summed E-state index contributed by atoms with van der Waals surface area (Å²) in [5.41, 5.74) is 7.41. The fourth-order valence-corrected chi connectivity index (χ4v) is 5.95. The van der Waals surface area contributed by atoms with Crippen LogP contribution in [0.15, 0.2) is 59.6 Å². The molecule has 0 saturated carbocycles. The molecule has 1 aromatic heterocycles. The third-order valence-corrected chi connectivity index (χ3v) is 8.47. The van der Waals surface area contributed by atoms with Gasteiger partial charge in [-0.3, -0.25) is 10.2 Å². The molecule has 1 amide bonds. The fourth-order valence-electron chi connectivity index (χ4n) is 4.40. The summed E-state index contributed by atoms with van der Waals surface area (Å²) in [6, 6.07) is 13.2. The van der Waals surface area contributed by atoms with Gasteiger partial charge in [-0.15, -0.1) is 0 Å². The lowest BCUT2D eigenvalue weighted by Crippen LogP contribution is -2.51. The Morgan fingerprint density at radius 2 is 1.97 bits per heavy atom. The molecule has 1 fully saturated rings. The molecule has 1 aliphatic rings. The van der Waals surface area contributed by atoms with E-state index >= 15 is 0 Å². The van der Waals surface area contributed by atoms with Crippen LogP contribution in [0.25, 0.3) is 10.9 Å². The maximum atomic E-state index is 13.3. The van der Waals surface area contributed by atoms with Gasteiger partial charge in [-0.25, -0.2) is 8.42 Å². The highest BCUT2D eigenvalue weighted by Gasteiger charge is 2.28. The first-order valence-corrected chi connectivity index (χ1v) is 14.0. The second-order valence-corrected chi connectivity index (χ2v) is 11.7. The van der Waals surface area contributed by atoms with Crippen molar-refractivity contribution < 1.29 is 13.2 Å². The Bertz CT molecular complexity index is 1310. The summed E-state index contributed by atoms with van der Waals surface area (Å²) >= 11 is 2.11. The van der Waals surface area contributed by atoms with E-state index in [-0.39, 0.29) is 29.1 Å². The first kappa shape index (κ1) is 25.5. The van der Waals surface area contributed by atoms with Crippen molar-refractivity contribution in [2.24, 2.45) is 11.7 Å². The van der Waals surface area contributed by atoms with Gasteiger partial charge in [0, 0.05) is 40.3 Å². The van der Waals surface area contributed by atoms with Gasteiger partial charge < -0.3 is 20.9 Å². The number of rotatable bonds is 8. The Balaban J connectivity index is 1.52. The van der Waals surface area contributed by atoms with Crippen molar-refractivity contribution in [2.75, 3.05) is 19.6 Å². The number of H-pyrrole nitrogens is 1. The molecular formula is C24H29IN6O3S. The number of sulfonamides is 1. The van der Waals surface area contributed by atoms with Gasteiger partial charge in [0.05, 0.1) is 4.90 Å². The molecule has 0 aliphatic carbocycles. The number of nitrogens with zero attached hydrogens (tertiary/aromatic N) is 1. The van der Waals surface area contributed by atoms with Gasteiger partial charge in [0.1, 0.15) is 6.04 Å². The zero-order valence-electron chi connectivity index (χ0n) is 19.1. The Morgan fingerprint density at radius 3 is 2.71 bits per heavy atom. The van der Waals surface area contributed by atoms with E-state index in [4.69, 9.17) is 11.1 Å². The van der Waals surface area contributed by atoms with Crippen LogP contribution < -0.4 is 15.8 Å². The van der Waals surface area contributed by atoms with Crippen LogP contribution in [0.2, 0.25) is 0 Å². The number of hydrogen-bond acceptors (Lipinski definition) is 4. The molecule has 0 spiro atoms. The third kappa shape index (κ3) is 6.33. The summed E-state index contributed by atoms with van der Waals surface area (Å²) in [6.07, 6.45) is 3.81. The second kappa shape index (κ2) is 11.0. The largest absolute Gasteiger partial charge is 0.370 e. The quantitative estimate of drug-likeness (QED) is 0.152. The first-order valence-electron chi connectivity index (χ1n) is 11.4. The summed E-state index contributed by atoms with van der Waals surface area (Å²) in [7, 11) is -3.92. The number of guanidine groups is 1. The molecular weight excluding hydrogens is 579 g/mol. The van der Waals surface area contributed by atoms with Gasteiger partial charge in [-0.1, -0.05) is 18.2 Å². The van der Waals surface area contributed by atoms with Crippen molar-refractivity contribution in [1.82, 2.24) is 19.9 Å². The molecule has 0 radical (unpaired) electrons. The standard InChI is InChI=1S/C24H29IN6O3S/c25-18-7-9-19(10-8-18)35(33,34)30-22(12-17-14-28-21-6-2-1-5-20(17)21)23(32)29-13-16-4-3-11-31(15-16)24(26)27/h1-2,5-10,14,16,22,28,30H,3-4,11-13,15H2,(H3,26,27)(H,29,32). The highest BCUT2D eigenvalue weighted by atomic mass is 127. The van der Waals surface area contributed by atoms with Gasteiger partial charge in [0.25, 0.3) is 0 Å². The number of para-hydroxylation sites is 1. The van der Waals surface area contributed by atoms with Crippen molar-refractivity contribution in [2.45, 2.75) is 30.2 Å². The number of halogens is 1. The summed E-state index contributed by atoms with van der Waals surface area (Å²) in [6.45, 7) is 1.72. The van der Waals surface area contributed by atoms with Gasteiger partial charge in [0.15, 0.2) is 5.96 Å². The number of benzene rings is 2. The molecule has 4 rings (SSSR count). The number of amides is 1. The van der Waals surface area contributed by atoms with Crippen molar-refractivity contribution in [3.05, 3.63) is 63.9 Å². The van der Waals surface area contributed by atoms with E-state index < -0.39 is 16.1 Å². The van der Waals surface area contributed by atoms with Crippen LogP contribution in [0.5, 0.6) is 0 Å². The molecule has 1 aliphatic heterocycles. The number of hydrogen-bond donors (Lipinski definition) is 5. The molecule has 2 unspecified atom stereocenters. The van der Waals surface area contributed by atoms with Crippen LogP contribution in [0.4, 0.5) is 0 Å². The number of likely N-dealkylation sites (tertiary alicyclic amines) is 1. The smallest absolute Gasteiger partial charge is 0.241 e. The normalized spacial score (nSPS) is 17.3. The lowest BCUT2D eigenvalue weighted by atomic mass is 9.98. The van der Waals surface area contributed by atoms with E-state index in [1.54, 1.807) is 17.0 Å². The number of nitrogens with two attached hydrogens (primary N) is 1. The number of piperidine rings is 1. The minimum absolute atomic E-state index is 0.0310. The van der Waals surface area contributed by atoms with Gasteiger partial charge >= 0.3 is 0 Å². The molecule has 11 heteroatoms. The summed E-state index contributed by atoms with van der Waals surface area (Å²) in [5, 5.41) is 11.6. The van der Waals surface area contributed by atoms with Crippen LogP contribution in [0, 0.1) is 14.9 Å². The zero-order valence-corrected chi connectivity index (χ0v) is 22.1. The van der Waals surface area contributed by atoms with E-state index in [1.165, 1.54) is 12.1 Å². The summed E-state index contributed by atoms with van der Waals surface area (Å²) in [4.78, 5) is 18.4. The average molecular weight is 609 g/mol. The molecule has 2 aromatic carbocycles. The van der Waals surface area contributed by atoms with Crippen LogP contribution in [0.3, 0.4) is 0 Å². The SMILES string of the molecule is N=C(N)N1CCCC(CNC(=O)C(Cc2c[nH]c3ccccc23)NS(=O)(=O)c2ccc(I)cc2)C1. The topological polar surface area (TPSA) is 144 Å². The number of fused-ring (bicyclic) bond motifs is 1. The van der Waals surface area contributed by atoms with Gasteiger partial charge in [-0.2, -0.15) is 4.72 Å². The highest BCUT2D eigenvalue weighted by Crippen LogP contribution is 2.21. The monoisotopic (exact) mass is 608 g/mol. The Morgan fingerprint density at radius 1 is 1.23 bits per heavy atom. The van der Waals surface area contributed by atoms with Gasteiger partial charge in [-0.05, 0) is 83.7 Å². The van der Waals surface area contributed by atoms with Crippen molar-refractivity contribution in [3.8, 4) is 0 Å². The molecule has 0 bridgehead atoms. The fraction of sp³-hybridized carbons (Fsp3) is 0.333. The predicted octanol–water partition coefficient (Wildman–Crippen LogP) is 2.38. The summed E-state index contributed by atoms with van der Waals surface area (Å²) < 4.78 is 29.8. The van der Waals surface area contributed by atoms with Crippen molar-refractivity contribution in [1.29, 1.82) is 5.41 Å². The lowest BCUT2D eigenvalue weighted by Gasteiger charge is -2.33. The van der Waals surface area contributed by atoms with Gasteiger partial charge in [0.2, 0.25) is 15.9 Å². The number of aromatic amines is 1. The Kier molecular flexibility index (Phi) is 7.97. The number of nitrogens with one attached hydrogen (secondary N) is 4. The minimum atomic E-state index is -3.92. The molecule has 2 heterocycles. The van der Waals surface area contributed by atoms with E-state index in [2.05, 4.69) is 37.6 Å². The van der Waals surface area contributed by atoms with Crippen LogP contribution in [0.1, 0.15) is 18.4 Å². The maximum absolute atomic E-state index is 13.3. The van der Waals surface area contributed by atoms with E-state index in [0.29, 0.717) is 13.1 Å². The summed E-state index contributed by atoms with van der Waals surface area (Å²) in [5.74, 6) is -0.217. The Hall–Kier alpha value is -2.64. The molecule has 6 N–H and O–H groups in total. The van der Waals surface area contributed by atoms with Crippen molar-refractivity contribution in [3.63, 3.8) is 0 Å². The third-order valence-electron chi connectivity index (χ3n) is 6.26. The van der Waals surface area contributed by atoms with E-state index in [9.17, 15) is 13.2 Å². The predicted molar refractivity (Wildman–Crippen MR) is 144 cm³/mol. The van der Waals surface area contributed by atoms with Crippen LogP contribution in [-0.4, -0.2) is 55.8 Å². The van der Waals surface area contributed by atoms with E-state index in [1.807, 2.05) is 30.5 Å². The molecule has 9 nitrogen and oxygen atoms in total. The highest BCUT2D eigenvalue weighted by molar-refractivity contribution is 14.1. The minimum Gasteiger partial charge on any atom is -0.370 e. The maximum Gasteiger partial charge on any atom is 0.241 e. The average Bonchev–Trinajstić information content (AvgIpc) is 3.25. The second-order valence-electron chi connectivity index (χ2n) is 8.78. The molecule has 1 saturated heterocycles. The first-order chi connectivity index (χ1) is 16.7. The van der Waals surface area contributed by atoms with Crippen LogP contribution in [-0.2, 0) is 21.2 Å². The zero-order chi connectivity index (χ0) is 25.0. The molecule has 2 atom stereocenters.